The number of carbonyl (C=O) groups excluding carboxylic acids is 2. The molecular formula is C23H20N4O2S. The monoisotopic (exact) mass is 416 g/mol. The summed E-state index contributed by atoms with van der Waals surface area (Å²) in [6.45, 7) is 1.23. The van der Waals surface area contributed by atoms with Crippen molar-refractivity contribution in [3.8, 4) is 0 Å². The average molecular weight is 417 g/mol. The number of hydrogen-bond acceptors (Lipinski definition) is 5. The second-order valence-electron chi connectivity index (χ2n) is 7.37. The quantitative estimate of drug-likeness (QED) is 0.690. The molecule has 0 aliphatic carbocycles. The maximum atomic E-state index is 12.8. The number of benzene rings is 1. The Morgan fingerprint density at radius 2 is 1.93 bits per heavy atom. The highest BCUT2D eigenvalue weighted by atomic mass is 32.1. The summed E-state index contributed by atoms with van der Waals surface area (Å²) in [6.07, 6.45) is 4.69. The molecule has 4 heterocycles. The molecule has 1 unspecified atom stereocenters. The Labute approximate surface area is 178 Å². The molecule has 6 nitrogen and oxygen atoms in total. The van der Waals surface area contributed by atoms with Gasteiger partial charge in [0.1, 0.15) is 11.0 Å². The Balaban J connectivity index is 1.35. The predicted molar refractivity (Wildman–Crippen MR) is 117 cm³/mol. The van der Waals surface area contributed by atoms with Gasteiger partial charge in [-0.15, -0.1) is 11.3 Å². The second kappa shape index (κ2) is 7.84. The predicted octanol–water partition coefficient (Wildman–Crippen LogP) is 3.65. The lowest BCUT2D eigenvalue weighted by atomic mass is 10.00. The molecule has 2 amide bonds. The first-order chi connectivity index (χ1) is 14.7. The molecule has 3 aromatic rings. The van der Waals surface area contributed by atoms with Crippen LogP contribution in [0.4, 0.5) is 5.00 Å². The summed E-state index contributed by atoms with van der Waals surface area (Å²) in [4.78, 5) is 37.1. The first-order valence-electron chi connectivity index (χ1n) is 9.91. The molecule has 2 aliphatic heterocycles. The lowest BCUT2D eigenvalue weighted by Gasteiger charge is -2.27. The molecule has 7 heteroatoms. The van der Waals surface area contributed by atoms with Gasteiger partial charge >= 0.3 is 0 Å². The minimum Gasteiger partial charge on any atom is -0.337 e. The van der Waals surface area contributed by atoms with E-state index < -0.39 is 0 Å². The smallest absolute Gasteiger partial charge is 0.256 e. The van der Waals surface area contributed by atoms with E-state index in [0.717, 1.165) is 27.6 Å². The van der Waals surface area contributed by atoms with Crippen LogP contribution in [0, 0.1) is 0 Å². The minimum absolute atomic E-state index is 0.0480. The van der Waals surface area contributed by atoms with Crippen LogP contribution in [0.3, 0.4) is 0 Å². The maximum absolute atomic E-state index is 12.8. The maximum Gasteiger partial charge on any atom is 0.256 e. The van der Waals surface area contributed by atoms with Gasteiger partial charge in [0.2, 0.25) is 5.91 Å². The number of thiophene rings is 1. The number of nitrogens with zero attached hydrogens (tertiary/aromatic N) is 3. The fraction of sp³-hybridized carbons (Fsp3) is 0.217. The Morgan fingerprint density at radius 1 is 1.13 bits per heavy atom. The second-order valence-corrected chi connectivity index (χ2v) is 8.48. The fourth-order valence-electron chi connectivity index (χ4n) is 3.77. The zero-order chi connectivity index (χ0) is 20.5. The van der Waals surface area contributed by atoms with E-state index in [2.05, 4.69) is 15.3 Å². The van der Waals surface area contributed by atoms with Gasteiger partial charge < -0.3 is 10.2 Å². The van der Waals surface area contributed by atoms with Crippen molar-refractivity contribution in [3.05, 3.63) is 82.0 Å². The molecule has 2 aliphatic rings. The van der Waals surface area contributed by atoms with Crippen LogP contribution in [-0.2, 0) is 24.2 Å². The number of hydrogen-bond donors (Lipinski definition) is 1. The lowest BCUT2D eigenvalue weighted by molar-refractivity contribution is -0.131. The molecule has 1 N–H and O–H groups in total. The van der Waals surface area contributed by atoms with Gasteiger partial charge in [0, 0.05) is 40.7 Å². The standard InChI is InChI=1S/C23H20N4O2S/c28-20(12-16-8-4-5-10-24-16)27-11-9-17-19(14-27)30-23(21(17)18-13-25-18)26-22(29)15-6-2-1-3-7-15/h1-8,10,13,18H,9,11-12,14H2,(H,26,29). The van der Waals surface area contributed by atoms with Gasteiger partial charge in [-0.1, -0.05) is 24.3 Å². The summed E-state index contributed by atoms with van der Waals surface area (Å²) in [5.41, 5.74) is 3.73. The minimum atomic E-state index is -0.126. The molecule has 0 saturated heterocycles. The Hall–Kier alpha value is -3.32. The van der Waals surface area contributed by atoms with Crippen molar-refractivity contribution in [1.29, 1.82) is 0 Å². The van der Waals surface area contributed by atoms with Gasteiger partial charge in [-0.3, -0.25) is 19.6 Å². The van der Waals surface area contributed by atoms with E-state index in [4.69, 9.17) is 0 Å². The third kappa shape index (κ3) is 3.76. The molecule has 0 bridgehead atoms. The van der Waals surface area contributed by atoms with Crippen LogP contribution < -0.4 is 5.32 Å². The van der Waals surface area contributed by atoms with Crippen molar-refractivity contribution in [2.75, 3.05) is 11.9 Å². The molecule has 30 heavy (non-hydrogen) atoms. The number of aliphatic imine (C=N–C) groups is 1. The van der Waals surface area contributed by atoms with E-state index >= 15 is 0 Å². The number of aromatic nitrogens is 1. The van der Waals surface area contributed by atoms with E-state index in [1.807, 2.05) is 47.5 Å². The van der Waals surface area contributed by atoms with Gasteiger partial charge in [0.05, 0.1) is 13.0 Å². The molecule has 0 saturated carbocycles. The highest BCUT2D eigenvalue weighted by Crippen LogP contribution is 2.44. The number of nitrogens with one attached hydrogen (secondary N) is 1. The van der Waals surface area contributed by atoms with Crippen molar-refractivity contribution in [3.63, 3.8) is 0 Å². The molecule has 150 valence electrons. The lowest BCUT2D eigenvalue weighted by Crippen LogP contribution is -2.36. The molecule has 0 spiro atoms. The molecule has 0 fully saturated rings. The van der Waals surface area contributed by atoms with E-state index in [-0.39, 0.29) is 17.9 Å². The molecule has 0 radical (unpaired) electrons. The normalized spacial score (nSPS) is 16.8. The Kier molecular flexibility index (Phi) is 4.88. The highest BCUT2D eigenvalue weighted by molar-refractivity contribution is 7.16. The molecule has 1 atom stereocenters. The number of pyridine rings is 1. The van der Waals surface area contributed by atoms with E-state index in [1.165, 1.54) is 5.56 Å². The first kappa shape index (κ1) is 18.7. The number of amides is 2. The summed E-state index contributed by atoms with van der Waals surface area (Å²) in [5, 5.41) is 3.92. The van der Waals surface area contributed by atoms with Crippen LogP contribution in [0.5, 0.6) is 0 Å². The van der Waals surface area contributed by atoms with Crippen LogP contribution in [-0.4, -0.2) is 34.5 Å². The summed E-state index contributed by atoms with van der Waals surface area (Å²) >= 11 is 1.56. The topological polar surface area (TPSA) is 74.7 Å². The zero-order valence-corrected chi connectivity index (χ0v) is 17.1. The number of anilines is 1. The molecular weight excluding hydrogens is 396 g/mol. The molecule has 2 aromatic heterocycles. The van der Waals surface area contributed by atoms with E-state index in [9.17, 15) is 9.59 Å². The van der Waals surface area contributed by atoms with Crippen molar-refractivity contribution >= 4 is 34.4 Å². The van der Waals surface area contributed by atoms with Crippen LogP contribution >= 0.6 is 11.3 Å². The molecule has 1 aromatic carbocycles. The highest BCUT2D eigenvalue weighted by Gasteiger charge is 2.32. The number of fused-ring (bicyclic) bond motifs is 1. The van der Waals surface area contributed by atoms with E-state index in [0.29, 0.717) is 25.1 Å². The van der Waals surface area contributed by atoms with Gasteiger partial charge in [-0.25, -0.2) is 0 Å². The SMILES string of the molecule is O=C(Nc1sc2c(c1C1C=N1)CCN(C(=O)Cc1ccccn1)C2)c1ccccc1. The molecule has 5 rings (SSSR count). The third-order valence-corrected chi connectivity index (χ3v) is 6.51. The van der Waals surface area contributed by atoms with Crippen molar-refractivity contribution in [1.82, 2.24) is 9.88 Å². The Bertz CT molecular complexity index is 1120. The number of carbonyl (C=O) groups is 2. The average Bonchev–Trinajstić information content (AvgIpc) is 3.55. The summed E-state index contributed by atoms with van der Waals surface area (Å²) in [5.74, 6) is -0.0500. The summed E-state index contributed by atoms with van der Waals surface area (Å²) in [7, 11) is 0. The van der Waals surface area contributed by atoms with Crippen LogP contribution in [0.15, 0.2) is 59.7 Å². The van der Waals surface area contributed by atoms with Crippen LogP contribution in [0.1, 0.15) is 38.1 Å². The third-order valence-electron chi connectivity index (χ3n) is 5.37. The number of rotatable bonds is 5. The van der Waals surface area contributed by atoms with Gasteiger partial charge in [-0.2, -0.15) is 0 Å². The van der Waals surface area contributed by atoms with Crippen molar-refractivity contribution in [2.45, 2.75) is 25.4 Å². The Morgan fingerprint density at radius 3 is 2.67 bits per heavy atom. The van der Waals surface area contributed by atoms with Crippen LogP contribution in [0.25, 0.3) is 0 Å². The van der Waals surface area contributed by atoms with E-state index in [1.54, 1.807) is 29.7 Å². The van der Waals surface area contributed by atoms with Crippen molar-refractivity contribution in [2.24, 2.45) is 4.99 Å². The first-order valence-corrected chi connectivity index (χ1v) is 10.7. The zero-order valence-electron chi connectivity index (χ0n) is 16.2. The van der Waals surface area contributed by atoms with Gasteiger partial charge in [0.25, 0.3) is 5.91 Å². The largest absolute Gasteiger partial charge is 0.337 e. The van der Waals surface area contributed by atoms with Crippen molar-refractivity contribution < 1.29 is 9.59 Å². The summed E-state index contributed by atoms with van der Waals surface area (Å²) in [6, 6.07) is 14.9. The van der Waals surface area contributed by atoms with Crippen LogP contribution in [0.2, 0.25) is 0 Å². The summed E-state index contributed by atoms with van der Waals surface area (Å²) < 4.78 is 0. The van der Waals surface area contributed by atoms with Gasteiger partial charge in [-0.05, 0) is 36.2 Å². The van der Waals surface area contributed by atoms with Gasteiger partial charge in [0.15, 0.2) is 0 Å². The fourth-order valence-corrected chi connectivity index (χ4v) is 5.07.